The van der Waals surface area contributed by atoms with Crippen LogP contribution < -0.4 is 5.32 Å². The molecule has 1 amide bonds. The monoisotopic (exact) mass is 246 g/mol. The third kappa shape index (κ3) is 3.05. The van der Waals surface area contributed by atoms with Crippen molar-refractivity contribution >= 4 is 5.91 Å². The molecule has 0 aromatic heterocycles. The number of carbonyl (C=O) groups excluding carboxylic acids is 1. The van der Waals surface area contributed by atoms with Gasteiger partial charge in [0.15, 0.2) is 6.23 Å². The molecule has 1 aliphatic rings. The predicted molar refractivity (Wildman–Crippen MR) is 54.5 cm³/mol. The van der Waals surface area contributed by atoms with Crippen molar-refractivity contribution in [3.8, 4) is 0 Å². The quantitative estimate of drug-likeness (QED) is 0.264. The first-order valence-corrected chi connectivity index (χ1v) is 4.95. The number of hydrogen-bond acceptors (Lipinski definition) is 6. The minimum atomic E-state index is -1.39. The minimum absolute atomic E-state index is 0.467. The predicted octanol–water partition coefficient (Wildman–Crippen LogP) is -1.76. The van der Waals surface area contributed by atoms with E-state index < -0.39 is 43.1 Å². The molecule has 1 rings (SSSR count). The van der Waals surface area contributed by atoms with Gasteiger partial charge in [0.05, 0.1) is 12.6 Å². The molecule has 9 nitrogen and oxygen atoms in total. The zero-order chi connectivity index (χ0) is 13.0. The Balaban J connectivity index is 2.90. The number of nitrogens with one attached hydrogen (secondary N) is 1. The van der Waals surface area contributed by atoms with Crippen LogP contribution in [0.5, 0.6) is 0 Å². The highest BCUT2D eigenvalue weighted by Crippen LogP contribution is 2.22. The van der Waals surface area contributed by atoms with Gasteiger partial charge in [-0.2, -0.15) is 0 Å². The average Bonchev–Trinajstić information content (AvgIpc) is 2.28. The molecule has 5 atom stereocenters. The van der Waals surface area contributed by atoms with Crippen LogP contribution in [0.1, 0.15) is 6.92 Å². The van der Waals surface area contributed by atoms with E-state index in [0.29, 0.717) is 0 Å². The summed E-state index contributed by atoms with van der Waals surface area (Å²) in [5.41, 5.74) is 8.34. The third-order valence-electron chi connectivity index (χ3n) is 2.44. The van der Waals surface area contributed by atoms with Crippen molar-refractivity contribution in [1.29, 1.82) is 0 Å². The highest BCUT2D eigenvalue weighted by atomic mass is 16.5. The van der Waals surface area contributed by atoms with Crippen LogP contribution in [0.2, 0.25) is 0 Å². The van der Waals surface area contributed by atoms with E-state index in [4.69, 9.17) is 15.4 Å². The van der Waals surface area contributed by atoms with Crippen molar-refractivity contribution in [1.82, 2.24) is 5.32 Å². The standard InChI is InChI=1S/C8H14N4O5/c1-3(14)10-5-7(16)6(15)4(2-13)17-8(5)11-12-9/h4-8,13,15-16H,2H2,1H3,(H,10,14)/t4-,5+,6+,7-,8-/m0/s1. The van der Waals surface area contributed by atoms with Crippen LogP contribution in [0.25, 0.3) is 10.4 Å². The van der Waals surface area contributed by atoms with Crippen LogP contribution in [0.3, 0.4) is 0 Å². The van der Waals surface area contributed by atoms with E-state index in [9.17, 15) is 15.0 Å². The summed E-state index contributed by atoms with van der Waals surface area (Å²) in [6.07, 6.45) is -5.01. The number of nitrogens with zero attached hydrogens (tertiary/aromatic N) is 3. The van der Waals surface area contributed by atoms with Gasteiger partial charge in [-0.05, 0) is 5.53 Å². The van der Waals surface area contributed by atoms with Gasteiger partial charge in [0.1, 0.15) is 18.3 Å². The summed E-state index contributed by atoms with van der Waals surface area (Å²) < 4.78 is 5.08. The summed E-state index contributed by atoms with van der Waals surface area (Å²) in [7, 11) is 0. The lowest BCUT2D eigenvalue weighted by atomic mass is 9.96. The number of aliphatic hydroxyl groups excluding tert-OH is 3. The Hall–Kier alpha value is -1.38. The summed E-state index contributed by atoms with van der Waals surface area (Å²) in [4.78, 5) is 13.4. The molecule has 4 N–H and O–H groups in total. The van der Waals surface area contributed by atoms with Gasteiger partial charge in [-0.15, -0.1) is 0 Å². The molecule has 17 heavy (non-hydrogen) atoms. The van der Waals surface area contributed by atoms with E-state index >= 15 is 0 Å². The summed E-state index contributed by atoms with van der Waals surface area (Å²) in [6, 6.07) is -1.05. The largest absolute Gasteiger partial charge is 0.394 e. The maximum absolute atomic E-state index is 10.9. The summed E-state index contributed by atoms with van der Waals surface area (Å²) in [5, 5.41) is 33.8. The van der Waals surface area contributed by atoms with Gasteiger partial charge >= 0.3 is 0 Å². The zero-order valence-electron chi connectivity index (χ0n) is 9.09. The minimum Gasteiger partial charge on any atom is -0.394 e. The van der Waals surface area contributed by atoms with Crippen LogP contribution in [-0.2, 0) is 9.53 Å². The van der Waals surface area contributed by atoms with Gasteiger partial charge in [-0.25, -0.2) is 0 Å². The van der Waals surface area contributed by atoms with Crippen LogP contribution in [0.15, 0.2) is 5.11 Å². The van der Waals surface area contributed by atoms with E-state index in [1.165, 1.54) is 6.92 Å². The summed E-state index contributed by atoms with van der Waals surface area (Å²) in [6.45, 7) is 0.673. The van der Waals surface area contributed by atoms with Crippen LogP contribution >= 0.6 is 0 Å². The molecule has 0 spiro atoms. The maximum Gasteiger partial charge on any atom is 0.217 e. The fraction of sp³-hybridized carbons (Fsp3) is 0.875. The number of hydrogen-bond donors (Lipinski definition) is 4. The van der Waals surface area contributed by atoms with Gasteiger partial charge in [-0.3, -0.25) is 4.79 Å². The van der Waals surface area contributed by atoms with E-state index in [1.807, 2.05) is 0 Å². The Morgan fingerprint density at radius 3 is 2.65 bits per heavy atom. The highest BCUT2D eigenvalue weighted by molar-refractivity contribution is 5.73. The van der Waals surface area contributed by atoms with Crippen LogP contribution in [-0.4, -0.2) is 58.4 Å². The fourth-order valence-corrected chi connectivity index (χ4v) is 1.64. The number of aliphatic hydroxyl groups is 3. The van der Waals surface area contributed by atoms with Gasteiger partial charge in [0, 0.05) is 11.8 Å². The third-order valence-corrected chi connectivity index (χ3v) is 2.44. The molecule has 0 aromatic rings. The van der Waals surface area contributed by atoms with Crippen molar-refractivity contribution in [3.05, 3.63) is 10.4 Å². The fourth-order valence-electron chi connectivity index (χ4n) is 1.64. The molecule has 0 aromatic carbocycles. The molecule has 1 saturated heterocycles. The normalized spacial score (nSPS) is 37.1. The summed E-state index contributed by atoms with van der Waals surface area (Å²) >= 11 is 0. The van der Waals surface area contributed by atoms with E-state index in [0.717, 1.165) is 0 Å². The molecule has 0 saturated carbocycles. The van der Waals surface area contributed by atoms with Gasteiger partial charge in [0.25, 0.3) is 0 Å². The molecule has 9 heteroatoms. The SMILES string of the molecule is CC(=O)N[C@@H]1[C@H](O)[C@H](O)[C@H](CO)O[C@@H]1N=[N+]=[N-]. The molecule has 0 aliphatic carbocycles. The first kappa shape index (κ1) is 13.7. The lowest BCUT2D eigenvalue weighted by molar-refractivity contribution is -0.193. The van der Waals surface area contributed by atoms with Gasteiger partial charge in [-0.1, -0.05) is 5.11 Å². The van der Waals surface area contributed by atoms with Crippen LogP contribution in [0, 0.1) is 0 Å². The Kier molecular flexibility index (Phi) is 4.67. The molecular weight excluding hydrogens is 232 g/mol. The number of amides is 1. The van der Waals surface area contributed by atoms with E-state index in [-0.39, 0.29) is 0 Å². The molecular formula is C8H14N4O5. The average molecular weight is 246 g/mol. The van der Waals surface area contributed by atoms with Gasteiger partial charge in [0.2, 0.25) is 5.91 Å². The second kappa shape index (κ2) is 5.80. The Bertz CT molecular complexity index is 332. The molecule has 1 aliphatic heterocycles. The molecule has 1 fully saturated rings. The van der Waals surface area contributed by atoms with Gasteiger partial charge < -0.3 is 25.4 Å². The Morgan fingerprint density at radius 1 is 1.53 bits per heavy atom. The molecule has 0 bridgehead atoms. The zero-order valence-corrected chi connectivity index (χ0v) is 9.09. The Labute approximate surface area is 96.6 Å². The van der Waals surface area contributed by atoms with Crippen molar-refractivity contribution in [2.45, 2.75) is 37.5 Å². The van der Waals surface area contributed by atoms with Crippen molar-refractivity contribution < 1.29 is 24.9 Å². The lowest BCUT2D eigenvalue weighted by Crippen LogP contribution is -2.63. The number of carbonyl (C=O) groups is 1. The van der Waals surface area contributed by atoms with Crippen molar-refractivity contribution in [2.24, 2.45) is 5.11 Å². The lowest BCUT2D eigenvalue weighted by Gasteiger charge is -2.40. The number of ether oxygens (including phenoxy) is 1. The second-order valence-electron chi connectivity index (χ2n) is 3.66. The van der Waals surface area contributed by atoms with Crippen LogP contribution in [0.4, 0.5) is 0 Å². The Morgan fingerprint density at radius 2 is 2.18 bits per heavy atom. The first-order chi connectivity index (χ1) is 8.01. The topological polar surface area (TPSA) is 148 Å². The van der Waals surface area contributed by atoms with E-state index in [1.54, 1.807) is 0 Å². The maximum atomic E-state index is 10.9. The highest BCUT2D eigenvalue weighted by Gasteiger charge is 2.44. The number of rotatable bonds is 3. The first-order valence-electron chi connectivity index (χ1n) is 4.95. The smallest absolute Gasteiger partial charge is 0.217 e. The molecule has 96 valence electrons. The number of azide groups is 1. The molecule has 1 heterocycles. The van der Waals surface area contributed by atoms with Crippen molar-refractivity contribution in [3.63, 3.8) is 0 Å². The summed E-state index contributed by atoms with van der Waals surface area (Å²) in [5.74, 6) is -0.467. The molecule has 0 radical (unpaired) electrons. The molecule has 0 unspecified atom stereocenters. The van der Waals surface area contributed by atoms with Crippen molar-refractivity contribution in [2.75, 3.05) is 6.61 Å². The second-order valence-corrected chi connectivity index (χ2v) is 3.66. The van der Waals surface area contributed by atoms with E-state index in [2.05, 4.69) is 15.3 Å².